The molecule has 0 saturated heterocycles. The summed E-state index contributed by atoms with van der Waals surface area (Å²) in [6.45, 7) is 2.13. The largest absolute Gasteiger partial charge is 0.394 e. The quantitative estimate of drug-likeness (QED) is 0.790. The molecule has 0 aliphatic rings. The van der Waals surface area contributed by atoms with Crippen LogP contribution in [0.5, 0.6) is 0 Å². The van der Waals surface area contributed by atoms with Crippen LogP contribution >= 0.6 is 43.2 Å². The van der Waals surface area contributed by atoms with Crippen LogP contribution in [0.4, 0.5) is 5.69 Å². The first-order valence-corrected chi connectivity index (χ1v) is 7.89. The smallest absolute Gasteiger partial charge is 0.0838 e. The Labute approximate surface area is 127 Å². The fraction of sp³-hybridized carbons (Fsp3) is 0.231. The molecular weight excluding hydrogens is 378 g/mol. The van der Waals surface area contributed by atoms with Crippen molar-refractivity contribution >= 4 is 48.9 Å². The summed E-state index contributed by atoms with van der Waals surface area (Å²) in [4.78, 5) is 2.35. The van der Waals surface area contributed by atoms with Crippen LogP contribution < -0.4 is 5.32 Å². The molecule has 0 fully saturated rings. The molecule has 0 bridgehead atoms. The Balaban J connectivity index is 2.16. The number of halogens is 2. The maximum atomic E-state index is 9.52. The van der Waals surface area contributed by atoms with Crippen LogP contribution in [0.1, 0.15) is 15.8 Å². The number of benzene rings is 1. The third-order valence-electron chi connectivity index (χ3n) is 2.59. The molecule has 0 amide bonds. The summed E-state index contributed by atoms with van der Waals surface area (Å²) in [5.41, 5.74) is 0.999. The third-order valence-corrected chi connectivity index (χ3v) is 5.37. The Morgan fingerprint density at radius 2 is 1.94 bits per heavy atom. The molecule has 96 valence electrons. The van der Waals surface area contributed by atoms with E-state index in [1.807, 2.05) is 24.3 Å². The Hall–Kier alpha value is -0.360. The zero-order valence-electron chi connectivity index (χ0n) is 9.78. The average molecular weight is 391 g/mol. The summed E-state index contributed by atoms with van der Waals surface area (Å²) in [6, 6.07) is 9.93. The number of rotatable bonds is 4. The van der Waals surface area contributed by atoms with Crippen LogP contribution in [0, 0.1) is 6.92 Å². The summed E-state index contributed by atoms with van der Waals surface area (Å²) >= 11 is 8.60. The van der Waals surface area contributed by atoms with E-state index in [1.54, 1.807) is 11.3 Å². The van der Waals surface area contributed by atoms with Crippen molar-refractivity contribution in [2.75, 3.05) is 11.9 Å². The van der Waals surface area contributed by atoms with Gasteiger partial charge in [0.1, 0.15) is 0 Å². The van der Waals surface area contributed by atoms with Gasteiger partial charge in [-0.3, -0.25) is 0 Å². The fourth-order valence-corrected chi connectivity index (χ4v) is 3.48. The van der Waals surface area contributed by atoms with Crippen LogP contribution in [-0.4, -0.2) is 11.7 Å². The zero-order valence-corrected chi connectivity index (χ0v) is 13.8. The summed E-state index contributed by atoms with van der Waals surface area (Å²) in [6.07, 6.45) is 0. The van der Waals surface area contributed by atoms with Gasteiger partial charge >= 0.3 is 0 Å². The predicted molar refractivity (Wildman–Crippen MR) is 84.3 cm³/mol. The first kappa shape index (κ1) is 14.1. The van der Waals surface area contributed by atoms with Crippen molar-refractivity contribution in [1.29, 1.82) is 0 Å². The minimum Gasteiger partial charge on any atom is -0.394 e. The van der Waals surface area contributed by atoms with Crippen molar-refractivity contribution in [2.24, 2.45) is 0 Å². The van der Waals surface area contributed by atoms with Gasteiger partial charge in [0.25, 0.3) is 0 Å². The van der Waals surface area contributed by atoms with E-state index < -0.39 is 0 Å². The maximum Gasteiger partial charge on any atom is 0.0838 e. The molecule has 0 saturated carbocycles. The van der Waals surface area contributed by atoms with Crippen molar-refractivity contribution in [2.45, 2.75) is 13.0 Å². The summed E-state index contributed by atoms with van der Waals surface area (Å²) < 4.78 is 2.14. The van der Waals surface area contributed by atoms with Crippen molar-refractivity contribution in [3.8, 4) is 0 Å². The Kier molecular flexibility index (Phi) is 4.84. The average Bonchev–Trinajstić information content (AvgIpc) is 2.69. The van der Waals surface area contributed by atoms with Gasteiger partial charge in [-0.15, -0.1) is 11.3 Å². The van der Waals surface area contributed by atoms with E-state index in [0.29, 0.717) is 0 Å². The van der Waals surface area contributed by atoms with Crippen molar-refractivity contribution in [1.82, 2.24) is 0 Å². The van der Waals surface area contributed by atoms with Gasteiger partial charge in [-0.2, -0.15) is 0 Å². The van der Waals surface area contributed by atoms with Gasteiger partial charge in [-0.05, 0) is 53.2 Å². The second-order valence-corrected chi connectivity index (χ2v) is 7.00. The van der Waals surface area contributed by atoms with Gasteiger partial charge in [0, 0.05) is 24.4 Å². The van der Waals surface area contributed by atoms with E-state index >= 15 is 0 Å². The molecule has 1 aromatic carbocycles. The highest BCUT2D eigenvalue weighted by atomic mass is 79.9. The lowest BCUT2D eigenvalue weighted by molar-refractivity contribution is 0.278. The molecule has 18 heavy (non-hydrogen) atoms. The number of hydrogen-bond donors (Lipinski definition) is 2. The van der Waals surface area contributed by atoms with Gasteiger partial charge in [0.2, 0.25) is 0 Å². The van der Waals surface area contributed by atoms with Crippen molar-refractivity contribution in [3.63, 3.8) is 0 Å². The lowest BCUT2D eigenvalue weighted by atomic mass is 10.2. The highest BCUT2D eigenvalue weighted by Crippen LogP contribution is 2.32. The molecule has 1 unspecified atom stereocenters. The summed E-state index contributed by atoms with van der Waals surface area (Å²) in [5.74, 6) is 0. The number of nitrogens with one attached hydrogen (secondary N) is 1. The van der Waals surface area contributed by atoms with Gasteiger partial charge < -0.3 is 10.4 Å². The van der Waals surface area contributed by atoms with Crippen LogP contribution in [0.25, 0.3) is 0 Å². The van der Waals surface area contributed by atoms with Gasteiger partial charge in [-0.1, -0.05) is 15.9 Å². The molecule has 5 heteroatoms. The van der Waals surface area contributed by atoms with Gasteiger partial charge in [0.05, 0.1) is 12.6 Å². The molecule has 2 aromatic rings. The summed E-state index contributed by atoms with van der Waals surface area (Å²) in [5, 5.41) is 12.8. The van der Waals surface area contributed by atoms with E-state index in [2.05, 4.69) is 50.2 Å². The SMILES string of the molecule is Cc1sc(C(CO)Nc2ccc(Br)cc2)cc1Br. The fourth-order valence-electron chi connectivity index (χ4n) is 1.61. The third kappa shape index (κ3) is 3.35. The topological polar surface area (TPSA) is 32.3 Å². The minimum atomic E-state index is -0.0684. The molecule has 0 radical (unpaired) electrons. The van der Waals surface area contributed by atoms with E-state index in [4.69, 9.17) is 0 Å². The number of aliphatic hydroxyl groups excluding tert-OH is 1. The molecule has 0 spiro atoms. The lowest BCUT2D eigenvalue weighted by Crippen LogP contribution is -2.13. The molecule has 2 rings (SSSR count). The Bertz CT molecular complexity index is 505. The highest BCUT2D eigenvalue weighted by molar-refractivity contribution is 9.10. The molecule has 0 aliphatic heterocycles. The van der Waals surface area contributed by atoms with E-state index in [0.717, 1.165) is 19.5 Å². The van der Waals surface area contributed by atoms with Crippen molar-refractivity contribution in [3.05, 3.63) is 49.0 Å². The lowest BCUT2D eigenvalue weighted by Gasteiger charge is -2.16. The van der Waals surface area contributed by atoms with Crippen LogP contribution in [0.3, 0.4) is 0 Å². The first-order chi connectivity index (χ1) is 8.60. The second-order valence-electron chi connectivity index (χ2n) is 3.94. The number of thiophene rings is 1. The van der Waals surface area contributed by atoms with Gasteiger partial charge in [-0.25, -0.2) is 0 Å². The van der Waals surface area contributed by atoms with Crippen LogP contribution in [0.15, 0.2) is 39.3 Å². The van der Waals surface area contributed by atoms with Crippen LogP contribution in [0.2, 0.25) is 0 Å². The number of aryl methyl sites for hydroxylation is 1. The molecular formula is C13H13Br2NOS. The standard InChI is InChI=1S/C13H13Br2NOS/c1-8-11(15)6-13(18-8)12(7-17)16-10-4-2-9(14)3-5-10/h2-6,12,16-17H,7H2,1H3. The molecule has 2 nitrogen and oxygen atoms in total. The Morgan fingerprint density at radius 3 is 2.44 bits per heavy atom. The predicted octanol–water partition coefficient (Wildman–Crippen LogP) is 4.73. The first-order valence-electron chi connectivity index (χ1n) is 5.49. The molecule has 1 atom stereocenters. The second kappa shape index (κ2) is 6.19. The summed E-state index contributed by atoms with van der Waals surface area (Å²) in [7, 11) is 0. The minimum absolute atomic E-state index is 0.0684. The Morgan fingerprint density at radius 1 is 1.28 bits per heavy atom. The normalized spacial score (nSPS) is 12.4. The monoisotopic (exact) mass is 389 g/mol. The zero-order chi connectivity index (χ0) is 13.1. The van der Waals surface area contributed by atoms with E-state index in [1.165, 1.54) is 4.88 Å². The number of anilines is 1. The van der Waals surface area contributed by atoms with Crippen molar-refractivity contribution < 1.29 is 5.11 Å². The van der Waals surface area contributed by atoms with E-state index in [-0.39, 0.29) is 12.6 Å². The molecule has 2 N–H and O–H groups in total. The number of aliphatic hydroxyl groups is 1. The maximum absolute atomic E-state index is 9.52. The highest BCUT2D eigenvalue weighted by Gasteiger charge is 2.14. The number of hydrogen-bond acceptors (Lipinski definition) is 3. The molecule has 1 heterocycles. The van der Waals surface area contributed by atoms with E-state index in [9.17, 15) is 5.11 Å². The molecule has 1 aromatic heterocycles. The molecule has 0 aliphatic carbocycles. The van der Waals surface area contributed by atoms with Gasteiger partial charge in [0.15, 0.2) is 0 Å². The van der Waals surface area contributed by atoms with Crippen LogP contribution in [-0.2, 0) is 0 Å².